The SMILES string of the molecule is C=CCNC(=NCc1ccccc1-n1nc(C)cc1C)NCCc1ccco1. The van der Waals surface area contributed by atoms with Gasteiger partial charge in [0.1, 0.15) is 5.76 Å². The molecule has 1 aromatic carbocycles. The summed E-state index contributed by atoms with van der Waals surface area (Å²) in [7, 11) is 0. The highest BCUT2D eigenvalue weighted by atomic mass is 16.3. The Labute approximate surface area is 166 Å². The van der Waals surface area contributed by atoms with Crippen molar-refractivity contribution in [1.82, 2.24) is 20.4 Å². The third kappa shape index (κ3) is 5.13. The largest absolute Gasteiger partial charge is 0.469 e. The monoisotopic (exact) mass is 377 g/mol. The fourth-order valence-electron chi connectivity index (χ4n) is 2.99. The van der Waals surface area contributed by atoms with E-state index in [-0.39, 0.29) is 0 Å². The molecule has 0 aliphatic rings. The standard InChI is InChI=1S/C22H27N5O/c1-4-12-23-22(24-13-11-20-9-7-14-28-20)25-16-19-8-5-6-10-21(19)27-18(3)15-17(2)26-27/h4-10,14-15H,1,11-13,16H2,2-3H3,(H2,23,24,25). The summed E-state index contributed by atoms with van der Waals surface area (Å²) in [5.41, 5.74) is 4.27. The molecule has 146 valence electrons. The quantitative estimate of drug-likeness (QED) is 0.358. The number of guanidine groups is 1. The lowest BCUT2D eigenvalue weighted by Crippen LogP contribution is -2.38. The van der Waals surface area contributed by atoms with Crippen LogP contribution in [0.4, 0.5) is 0 Å². The lowest BCUT2D eigenvalue weighted by Gasteiger charge is -2.13. The van der Waals surface area contributed by atoms with Crippen molar-refractivity contribution < 1.29 is 4.42 Å². The topological polar surface area (TPSA) is 67.4 Å². The number of aliphatic imine (C=N–C) groups is 1. The fourth-order valence-corrected chi connectivity index (χ4v) is 2.99. The number of benzene rings is 1. The van der Waals surface area contributed by atoms with Gasteiger partial charge in [-0.05, 0) is 43.7 Å². The Balaban J connectivity index is 1.72. The lowest BCUT2D eigenvalue weighted by atomic mass is 10.2. The fraction of sp³-hybridized carbons (Fsp3) is 0.273. The van der Waals surface area contributed by atoms with Crippen LogP contribution in [-0.4, -0.2) is 28.8 Å². The van der Waals surface area contributed by atoms with Crippen molar-refractivity contribution in [2.45, 2.75) is 26.8 Å². The molecule has 6 nitrogen and oxygen atoms in total. The molecule has 0 bridgehead atoms. The molecule has 2 heterocycles. The van der Waals surface area contributed by atoms with E-state index in [1.54, 1.807) is 6.26 Å². The summed E-state index contributed by atoms with van der Waals surface area (Å²) in [6.07, 6.45) is 4.30. The van der Waals surface area contributed by atoms with Gasteiger partial charge in [0, 0.05) is 25.2 Å². The zero-order valence-electron chi connectivity index (χ0n) is 16.5. The van der Waals surface area contributed by atoms with Crippen LogP contribution in [0, 0.1) is 13.8 Å². The van der Waals surface area contributed by atoms with Gasteiger partial charge in [0.25, 0.3) is 0 Å². The van der Waals surface area contributed by atoms with Crippen LogP contribution < -0.4 is 10.6 Å². The van der Waals surface area contributed by atoms with Gasteiger partial charge in [-0.1, -0.05) is 24.3 Å². The Bertz CT molecular complexity index is 924. The van der Waals surface area contributed by atoms with Crippen LogP contribution >= 0.6 is 0 Å². The zero-order chi connectivity index (χ0) is 19.8. The third-order valence-electron chi connectivity index (χ3n) is 4.29. The number of nitrogens with zero attached hydrogens (tertiary/aromatic N) is 3. The van der Waals surface area contributed by atoms with Crippen LogP contribution in [0.1, 0.15) is 22.7 Å². The average Bonchev–Trinajstić information content (AvgIpc) is 3.33. The van der Waals surface area contributed by atoms with Gasteiger partial charge in [0.05, 0.1) is 24.2 Å². The molecule has 0 atom stereocenters. The molecular formula is C22H27N5O. The molecule has 6 heteroatoms. The van der Waals surface area contributed by atoms with Gasteiger partial charge >= 0.3 is 0 Å². The van der Waals surface area contributed by atoms with Gasteiger partial charge < -0.3 is 15.1 Å². The van der Waals surface area contributed by atoms with Gasteiger partial charge in [-0.2, -0.15) is 5.10 Å². The van der Waals surface area contributed by atoms with E-state index < -0.39 is 0 Å². The van der Waals surface area contributed by atoms with Crippen molar-refractivity contribution in [1.29, 1.82) is 0 Å². The number of rotatable bonds is 8. The Morgan fingerprint density at radius 3 is 2.79 bits per heavy atom. The van der Waals surface area contributed by atoms with Crippen molar-refractivity contribution in [3.8, 4) is 5.69 Å². The molecule has 0 aliphatic heterocycles. The summed E-state index contributed by atoms with van der Waals surface area (Å²) < 4.78 is 7.35. The van der Waals surface area contributed by atoms with Crippen LogP contribution in [0.15, 0.2) is 70.8 Å². The number of nitrogens with one attached hydrogen (secondary N) is 2. The normalized spacial score (nSPS) is 11.4. The average molecular weight is 377 g/mol. The molecule has 3 aromatic rings. The van der Waals surface area contributed by atoms with Crippen molar-refractivity contribution in [3.63, 3.8) is 0 Å². The number of hydrogen-bond donors (Lipinski definition) is 2. The zero-order valence-corrected chi connectivity index (χ0v) is 16.5. The number of furan rings is 1. The number of para-hydroxylation sites is 1. The van der Waals surface area contributed by atoms with E-state index in [0.29, 0.717) is 13.1 Å². The van der Waals surface area contributed by atoms with E-state index in [1.807, 2.05) is 41.9 Å². The molecule has 28 heavy (non-hydrogen) atoms. The van der Waals surface area contributed by atoms with Crippen LogP contribution in [-0.2, 0) is 13.0 Å². The highest BCUT2D eigenvalue weighted by Crippen LogP contribution is 2.17. The maximum Gasteiger partial charge on any atom is 0.191 e. The van der Waals surface area contributed by atoms with Crippen LogP contribution in [0.3, 0.4) is 0 Å². The Morgan fingerprint density at radius 2 is 2.07 bits per heavy atom. The van der Waals surface area contributed by atoms with E-state index in [4.69, 9.17) is 9.41 Å². The predicted molar refractivity (Wildman–Crippen MR) is 113 cm³/mol. The van der Waals surface area contributed by atoms with E-state index in [9.17, 15) is 0 Å². The minimum Gasteiger partial charge on any atom is -0.469 e. The summed E-state index contributed by atoms with van der Waals surface area (Å²) in [5, 5.41) is 11.2. The maximum atomic E-state index is 5.38. The summed E-state index contributed by atoms with van der Waals surface area (Å²) in [4.78, 5) is 4.75. The first-order chi connectivity index (χ1) is 13.7. The summed E-state index contributed by atoms with van der Waals surface area (Å²) >= 11 is 0. The summed E-state index contributed by atoms with van der Waals surface area (Å²) in [5.74, 6) is 1.69. The highest BCUT2D eigenvalue weighted by Gasteiger charge is 2.09. The molecule has 0 saturated carbocycles. The Morgan fingerprint density at radius 1 is 1.21 bits per heavy atom. The van der Waals surface area contributed by atoms with E-state index in [0.717, 1.165) is 47.3 Å². The highest BCUT2D eigenvalue weighted by molar-refractivity contribution is 5.80. The van der Waals surface area contributed by atoms with Crippen LogP contribution in [0.5, 0.6) is 0 Å². The first kappa shape index (κ1) is 19.5. The van der Waals surface area contributed by atoms with Gasteiger partial charge in [0.15, 0.2) is 5.96 Å². The predicted octanol–water partition coefficient (Wildman–Crippen LogP) is 3.55. The van der Waals surface area contributed by atoms with Crippen molar-refractivity contribution in [2.75, 3.05) is 13.1 Å². The van der Waals surface area contributed by atoms with Crippen molar-refractivity contribution in [2.24, 2.45) is 4.99 Å². The second-order valence-electron chi connectivity index (χ2n) is 6.56. The Kier molecular flexibility index (Phi) is 6.68. The molecule has 0 unspecified atom stereocenters. The van der Waals surface area contributed by atoms with E-state index >= 15 is 0 Å². The minimum absolute atomic E-state index is 0.543. The lowest BCUT2D eigenvalue weighted by molar-refractivity contribution is 0.507. The summed E-state index contributed by atoms with van der Waals surface area (Å²) in [6.45, 7) is 9.75. The second kappa shape index (κ2) is 9.60. The second-order valence-corrected chi connectivity index (χ2v) is 6.56. The minimum atomic E-state index is 0.543. The number of aryl methyl sites for hydroxylation is 2. The van der Waals surface area contributed by atoms with E-state index in [1.165, 1.54) is 0 Å². The smallest absolute Gasteiger partial charge is 0.191 e. The van der Waals surface area contributed by atoms with Gasteiger partial charge in [-0.15, -0.1) is 6.58 Å². The van der Waals surface area contributed by atoms with Gasteiger partial charge in [-0.3, -0.25) is 0 Å². The molecular weight excluding hydrogens is 350 g/mol. The summed E-state index contributed by atoms with van der Waals surface area (Å²) in [6, 6.07) is 14.2. The van der Waals surface area contributed by atoms with E-state index in [2.05, 4.69) is 47.4 Å². The van der Waals surface area contributed by atoms with Gasteiger partial charge in [0.2, 0.25) is 0 Å². The third-order valence-corrected chi connectivity index (χ3v) is 4.29. The molecule has 0 radical (unpaired) electrons. The van der Waals surface area contributed by atoms with Crippen LogP contribution in [0.2, 0.25) is 0 Å². The van der Waals surface area contributed by atoms with Crippen molar-refractivity contribution >= 4 is 5.96 Å². The maximum absolute atomic E-state index is 5.38. The molecule has 0 spiro atoms. The van der Waals surface area contributed by atoms with Crippen molar-refractivity contribution in [3.05, 3.63) is 84.1 Å². The number of aromatic nitrogens is 2. The molecule has 0 amide bonds. The molecule has 2 N–H and O–H groups in total. The molecule has 3 rings (SSSR count). The first-order valence-electron chi connectivity index (χ1n) is 9.44. The first-order valence-corrected chi connectivity index (χ1v) is 9.44. The number of hydrogen-bond acceptors (Lipinski definition) is 3. The van der Waals surface area contributed by atoms with Gasteiger partial charge in [-0.25, -0.2) is 9.67 Å². The molecule has 2 aromatic heterocycles. The molecule has 0 aliphatic carbocycles. The molecule has 0 saturated heterocycles. The van der Waals surface area contributed by atoms with Crippen LogP contribution in [0.25, 0.3) is 5.69 Å². The molecule has 0 fully saturated rings. The Hall–Kier alpha value is -3.28.